The van der Waals surface area contributed by atoms with Gasteiger partial charge in [-0.05, 0) is 25.8 Å². The summed E-state index contributed by atoms with van der Waals surface area (Å²) in [6.07, 6.45) is 38.8. The second-order valence-corrected chi connectivity index (χ2v) is 14.9. The Morgan fingerprint density at radius 2 is 0.887 bits per heavy atom. The van der Waals surface area contributed by atoms with Crippen LogP contribution in [-0.4, -0.2) is 85.7 Å². The van der Waals surface area contributed by atoms with Crippen LogP contribution in [0.25, 0.3) is 0 Å². The van der Waals surface area contributed by atoms with Crippen LogP contribution in [0.4, 0.5) is 0 Å². The first-order valence-electron chi connectivity index (χ1n) is 22.3. The Hall–Kier alpha value is -1.97. The lowest BCUT2D eigenvalue weighted by atomic mass is 10.1. The van der Waals surface area contributed by atoms with Crippen LogP contribution < -0.4 is 0 Å². The molecule has 9 nitrogen and oxygen atoms in total. The number of hydrogen-bond acceptors (Lipinski definition) is 8. The van der Waals surface area contributed by atoms with Crippen LogP contribution in [0.1, 0.15) is 187 Å². The number of aryl methyl sites for hydroxylation is 1. The van der Waals surface area contributed by atoms with Gasteiger partial charge in [0.1, 0.15) is 13.2 Å². The van der Waals surface area contributed by atoms with Gasteiger partial charge in [0.15, 0.2) is 0 Å². The maximum atomic E-state index is 12.4. The third-order valence-electron chi connectivity index (χ3n) is 9.98. The van der Waals surface area contributed by atoms with E-state index in [1.807, 2.05) is 10.8 Å². The second-order valence-electron chi connectivity index (χ2n) is 14.9. The summed E-state index contributed by atoms with van der Waals surface area (Å²) in [6.45, 7) is 10.1. The Morgan fingerprint density at radius 1 is 0.491 bits per heavy atom. The van der Waals surface area contributed by atoms with Crippen molar-refractivity contribution < 1.29 is 28.5 Å². The Morgan fingerprint density at radius 3 is 1.26 bits per heavy atom. The number of imidazole rings is 1. The molecule has 0 spiro atoms. The smallest absolute Gasteiger partial charge is 0.307 e. The van der Waals surface area contributed by atoms with Crippen LogP contribution in [-0.2, 0) is 35.1 Å². The van der Waals surface area contributed by atoms with E-state index in [9.17, 15) is 9.59 Å². The molecule has 9 heteroatoms. The zero-order valence-corrected chi connectivity index (χ0v) is 34.7. The molecule has 0 aromatic carbocycles. The number of hydrogen-bond donors (Lipinski definition) is 0. The van der Waals surface area contributed by atoms with Crippen LogP contribution >= 0.6 is 0 Å². The molecule has 1 aromatic heterocycles. The Kier molecular flexibility index (Phi) is 36.8. The zero-order chi connectivity index (χ0) is 38.1. The van der Waals surface area contributed by atoms with Crippen LogP contribution in [0, 0.1) is 0 Å². The molecule has 1 heterocycles. The average Bonchev–Trinajstić information content (AvgIpc) is 3.69. The third kappa shape index (κ3) is 35.5. The molecule has 0 amide bonds. The Balaban J connectivity index is 2.06. The molecule has 0 N–H and O–H groups in total. The third-order valence-corrected chi connectivity index (χ3v) is 9.98. The van der Waals surface area contributed by atoms with Gasteiger partial charge < -0.3 is 28.4 Å². The molecular weight excluding hydrogens is 666 g/mol. The van der Waals surface area contributed by atoms with Crippen LogP contribution in [0.2, 0.25) is 0 Å². The molecule has 0 aliphatic heterocycles. The zero-order valence-electron chi connectivity index (χ0n) is 34.7. The molecule has 0 atom stereocenters. The molecule has 53 heavy (non-hydrogen) atoms. The van der Waals surface area contributed by atoms with Crippen LogP contribution in [0.3, 0.4) is 0 Å². The van der Waals surface area contributed by atoms with Gasteiger partial charge in [0.25, 0.3) is 0 Å². The van der Waals surface area contributed by atoms with Gasteiger partial charge in [-0.25, -0.2) is 4.98 Å². The van der Waals surface area contributed by atoms with E-state index in [-0.39, 0.29) is 38.0 Å². The normalized spacial score (nSPS) is 11.5. The van der Waals surface area contributed by atoms with E-state index >= 15 is 0 Å². The summed E-state index contributed by atoms with van der Waals surface area (Å²) >= 11 is 0. The van der Waals surface area contributed by atoms with Gasteiger partial charge in [0.2, 0.25) is 0 Å². The predicted molar refractivity (Wildman–Crippen MR) is 218 cm³/mol. The van der Waals surface area contributed by atoms with Crippen molar-refractivity contribution in [2.45, 2.75) is 194 Å². The van der Waals surface area contributed by atoms with Gasteiger partial charge in [-0.15, -0.1) is 0 Å². The van der Waals surface area contributed by atoms with Gasteiger partial charge in [0, 0.05) is 45.2 Å². The minimum atomic E-state index is -0.230. The molecule has 0 aliphatic rings. The van der Waals surface area contributed by atoms with Crippen molar-refractivity contribution >= 4 is 11.9 Å². The summed E-state index contributed by atoms with van der Waals surface area (Å²) in [5.74, 6) is -0.460. The highest BCUT2D eigenvalue weighted by Gasteiger charge is 2.13. The number of carbonyl (C=O) groups excluding carboxylic acids is 2. The van der Waals surface area contributed by atoms with Crippen molar-refractivity contribution in [3.05, 3.63) is 18.7 Å². The number of esters is 2. The van der Waals surface area contributed by atoms with Crippen molar-refractivity contribution in [3.8, 4) is 0 Å². The summed E-state index contributed by atoms with van der Waals surface area (Å²) in [5.41, 5.74) is 0. The standard InChI is InChI=1S/C44H83N3O6/c1-3-5-7-9-11-13-15-17-19-21-23-25-36-50-38-40-52-43(48)28-33-46(31-27-32-47-35-30-45-42-47)34-29-44(49)53-41-39-51-37-26-24-22-20-18-16-14-12-10-8-6-4-2/h30,35,42H,3-29,31-34,36-41H2,1-2H3. The fraction of sp³-hybridized carbons (Fsp3) is 0.886. The first kappa shape index (κ1) is 49.0. The predicted octanol–water partition coefficient (Wildman–Crippen LogP) is 10.9. The van der Waals surface area contributed by atoms with E-state index in [0.29, 0.717) is 26.3 Å². The van der Waals surface area contributed by atoms with E-state index in [4.69, 9.17) is 18.9 Å². The van der Waals surface area contributed by atoms with E-state index in [1.54, 1.807) is 12.5 Å². The number of ether oxygens (including phenoxy) is 4. The number of aromatic nitrogens is 2. The first-order chi connectivity index (χ1) is 26.2. The molecule has 0 aliphatic carbocycles. The fourth-order valence-electron chi connectivity index (χ4n) is 6.60. The van der Waals surface area contributed by atoms with E-state index in [1.165, 1.54) is 141 Å². The highest BCUT2D eigenvalue weighted by Crippen LogP contribution is 2.13. The number of nitrogens with zero attached hydrogens (tertiary/aromatic N) is 3. The monoisotopic (exact) mass is 750 g/mol. The Labute approximate surface area is 326 Å². The van der Waals surface area contributed by atoms with Crippen molar-refractivity contribution in [3.63, 3.8) is 0 Å². The van der Waals surface area contributed by atoms with Gasteiger partial charge in [-0.1, -0.05) is 155 Å². The lowest BCUT2D eigenvalue weighted by Crippen LogP contribution is -2.31. The number of carbonyl (C=O) groups is 2. The molecule has 1 aromatic rings. The fourth-order valence-corrected chi connectivity index (χ4v) is 6.60. The summed E-state index contributed by atoms with van der Waals surface area (Å²) in [6, 6.07) is 0. The minimum Gasteiger partial charge on any atom is -0.463 e. The summed E-state index contributed by atoms with van der Waals surface area (Å²) in [7, 11) is 0. The van der Waals surface area contributed by atoms with Crippen molar-refractivity contribution in [1.29, 1.82) is 0 Å². The van der Waals surface area contributed by atoms with Crippen molar-refractivity contribution in [2.24, 2.45) is 0 Å². The van der Waals surface area contributed by atoms with E-state index < -0.39 is 0 Å². The van der Waals surface area contributed by atoms with Gasteiger partial charge in [-0.3, -0.25) is 9.59 Å². The van der Waals surface area contributed by atoms with Crippen molar-refractivity contribution in [1.82, 2.24) is 14.5 Å². The lowest BCUT2D eigenvalue weighted by molar-refractivity contribution is -0.145. The second kappa shape index (κ2) is 39.7. The van der Waals surface area contributed by atoms with Gasteiger partial charge >= 0.3 is 11.9 Å². The topological polar surface area (TPSA) is 92.1 Å². The molecule has 0 radical (unpaired) electrons. The molecular formula is C44H83N3O6. The maximum absolute atomic E-state index is 12.4. The SMILES string of the molecule is CCCCCCCCCCCCCCOCCOC(=O)CCN(CCCn1ccnc1)CCC(=O)OCCOCCCCCCCCCCCCCC. The molecule has 0 fully saturated rings. The maximum Gasteiger partial charge on any atom is 0.307 e. The van der Waals surface area contributed by atoms with Gasteiger partial charge in [0.05, 0.1) is 32.4 Å². The number of unbranched alkanes of at least 4 members (excludes halogenated alkanes) is 22. The highest BCUT2D eigenvalue weighted by atomic mass is 16.6. The molecule has 0 unspecified atom stereocenters. The quantitative estimate of drug-likeness (QED) is 0.0482. The largest absolute Gasteiger partial charge is 0.463 e. The summed E-state index contributed by atoms with van der Waals surface area (Å²) < 4.78 is 24.3. The minimum absolute atomic E-state index is 0.230. The van der Waals surface area contributed by atoms with Crippen LogP contribution in [0.5, 0.6) is 0 Å². The lowest BCUT2D eigenvalue weighted by Gasteiger charge is -2.21. The molecule has 0 saturated heterocycles. The average molecular weight is 750 g/mol. The van der Waals surface area contributed by atoms with E-state index in [2.05, 4.69) is 23.7 Å². The first-order valence-corrected chi connectivity index (χ1v) is 22.3. The molecule has 0 bridgehead atoms. The van der Waals surface area contributed by atoms with E-state index in [0.717, 1.165) is 45.6 Å². The molecule has 310 valence electrons. The highest BCUT2D eigenvalue weighted by molar-refractivity contribution is 5.70. The molecule has 0 saturated carbocycles. The van der Waals surface area contributed by atoms with Crippen molar-refractivity contribution in [2.75, 3.05) is 59.3 Å². The Bertz CT molecular complexity index is 848. The van der Waals surface area contributed by atoms with Gasteiger partial charge in [-0.2, -0.15) is 0 Å². The van der Waals surface area contributed by atoms with Crippen LogP contribution in [0.15, 0.2) is 18.7 Å². The summed E-state index contributed by atoms with van der Waals surface area (Å²) in [5, 5.41) is 0. The number of rotatable bonds is 42. The summed E-state index contributed by atoms with van der Waals surface area (Å²) in [4.78, 5) is 31.2. The molecule has 1 rings (SSSR count).